The van der Waals surface area contributed by atoms with Crippen molar-refractivity contribution in [3.05, 3.63) is 11.1 Å². The van der Waals surface area contributed by atoms with Crippen LogP contribution in [0.3, 0.4) is 0 Å². The van der Waals surface area contributed by atoms with Crippen molar-refractivity contribution < 1.29 is 32.6 Å². The zero-order valence-electron chi connectivity index (χ0n) is 26.5. The second kappa shape index (κ2) is 9.35. The van der Waals surface area contributed by atoms with Gasteiger partial charge in [-0.15, -0.1) is 0 Å². The van der Waals surface area contributed by atoms with Crippen LogP contribution >= 0.6 is 0 Å². The molecule has 0 bridgehead atoms. The van der Waals surface area contributed by atoms with Gasteiger partial charge in [0.25, 0.3) is 0 Å². The quantitative estimate of drug-likeness (QED) is 0.253. The summed E-state index contributed by atoms with van der Waals surface area (Å²) in [7, 11) is 0. The molecule has 0 unspecified atom stereocenters. The molecule has 8 atom stereocenters. The Morgan fingerprint density at radius 1 is 0.854 bits per heavy atom. The van der Waals surface area contributed by atoms with Crippen molar-refractivity contribution in [1.82, 2.24) is 0 Å². The zero-order chi connectivity index (χ0) is 30.6. The first kappa shape index (κ1) is 30.7. The lowest BCUT2D eigenvalue weighted by atomic mass is 9.33. The van der Waals surface area contributed by atoms with Crippen LogP contribution in [0.2, 0.25) is 0 Å². The summed E-state index contributed by atoms with van der Waals surface area (Å²) in [5.41, 5.74) is -1.34. The maximum atomic E-state index is 15.9. The number of hydrogen-bond acceptors (Lipinski definition) is 5. The fourth-order valence-corrected chi connectivity index (χ4v) is 11.6. The molecule has 0 aliphatic heterocycles. The third-order valence-electron chi connectivity index (χ3n) is 13.5. The van der Waals surface area contributed by atoms with Crippen molar-refractivity contribution >= 4 is 17.7 Å². The number of Topliss-reactive ketones (excluding diaryl/α,β-unsaturated/α-hetero) is 1. The second-order valence-electron chi connectivity index (χ2n) is 15.8. The fourth-order valence-electron chi connectivity index (χ4n) is 11.6. The molecular weight excluding hydrogens is 526 g/mol. The number of carbonyl (C=O) groups excluding carboxylic acids is 3. The molecule has 4 saturated carbocycles. The number of fused-ring (bicyclic) bond motifs is 7. The van der Waals surface area contributed by atoms with E-state index >= 15 is 8.78 Å². The van der Waals surface area contributed by atoms with Gasteiger partial charge in [0.2, 0.25) is 5.78 Å². The van der Waals surface area contributed by atoms with E-state index in [1.807, 2.05) is 0 Å². The Labute approximate surface area is 244 Å². The van der Waals surface area contributed by atoms with Crippen LogP contribution in [0.5, 0.6) is 0 Å². The summed E-state index contributed by atoms with van der Waals surface area (Å²) in [6.45, 7) is 17.7. The summed E-state index contributed by atoms with van der Waals surface area (Å²) < 4.78 is 43.1. The van der Waals surface area contributed by atoms with Crippen LogP contribution in [0.1, 0.15) is 114 Å². The van der Waals surface area contributed by atoms with E-state index in [1.165, 1.54) is 13.8 Å². The summed E-state index contributed by atoms with van der Waals surface area (Å²) in [6, 6.07) is 0. The smallest absolute Gasteiger partial charge is 0.328 e. The van der Waals surface area contributed by atoms with Crippen LogP contribution in [0.25, 0.3) is 0 Å². The van der Waals surface area contributed by atoms with Gasteiger partial charge in [0, 0.05) is 24.8 Å². The molecule has 0 aromatic heterocycles. The standard InChI is InChI=1S/C34H50F2O5/c1-19(2)26-27-22-10-11-24-30(7)14-13-25(41-21(4)38)29(5,6)23(30)12-15-32(24,9)31(22,8)16-17-33(27,18-40-20(3)37)28(39)34(26,35)36/h19,22-25H,10-18H2,1-9H3/t22-,23+,24-,25+,30+,31-,32-,33+/m1/s1. The first-order valence-electron chi connectivity index (χ1n) is 15.8. The maximum absolute atomic E-state index is 15.9. The highest BCUT2D eigenvalue weighted by Gasteiger charge is 2.74. The number of allylic oxidation sites excluding steroid dienone is 1. The van der Waals surface area contributed by atoms with Crippen molar-refractivity contribution in [2.45, 2.75) is 126 Å². The number of alkyl halides is 2. The van der Waals surface area contributed by atoms with Crippen molar-refractivity contribution in [2.24, 2.45) is 50.7 Å². The first-order chi connectivity index (χ1) is 18.8. The zero-order valence-corrected chi connectivity index (χ0v) is 26.5. The fraction of sp³-hybridized carbons (Fsp3) is 0.853. The number of ketones is 1. The number of ether oxygens (including phenoxy) is 2. The molecule has 5 nitrogen and oxygen atoms in total. The summed E-state index contributed by atoms with van der Waals surface area (Å²) in [6.07, 6.45) is 6.30. The minimum atomic E-state index is -3.55. The van der Waals surface area contributed by atoms with Crippen LogP contribution in [-0.4, -0.2) is 36.4 Å². The third-order valence-corrected chi connectivity index (χ3v) is 13.5. The van der Waals surface area contributed by atoms with Crippen molar-refractivity contribution in [1.29, 1.82) is 0 Å². The van der Waals surface area contributed by atoms with E-state index in [2.05, 4.69) is 34.6 Å². The average molecular weight is 577 g/mol. The third kappa shape index (κ3) is 3.91. The first-order valence-corrected chi connectivity index (χ1v) is 15.8. The van der Waals surface area contributed by atoms with Gasteiger partial charge in [-0.2, -0.15) is 8.78 Å². The Morgan fingerprint density at radius 3 is 2.10 bits per heavy atom. The van der Waals surface area contributed by atoms with E-state index < -0.39 is 29.0 Å². The maximum Gasteiger partial charge on any atom is 0.328 e. The SMILES string of the molecule is CC(=O)OC[C@@]12CC[C@]3(C)[C@H](CC[C@@H]4[C@@]5(C)CC[C@H](OC(C)=O)C(C)(C)[C@@H]5CC[C@]43C)C1=C(C(C)C)C(F)(F)C2=O. The normalized spacial score (nSPS) is 44.4. The van der Waals surface area contributed by atoms with Gasteiger partial charge in [-0.1, -0.05) is 48.5 Å². The van der Waals surface area contributed by atoms with Crippen LogP contribution in [0.4, 0.5) is 8.78 Å². The molecule has 5 aliphatic carbocycles. The molecule has 5 aliphatic rings. The van der Waals surface area contributed by atoms with Gasteiger partial charge in [0.1, 0.15) is 12.7 Å². The molecule has 230 valence electrons. The minimum absolute atomic E-state index is 0.0180. The molecule has 0 radical (unpaired) electrons. The number of hydrogen-bond donors (Lipinski definition) is 0. The minimum Gasteiger partial charge on any atom is -0.464 e. The molecule has 0 heterocycles. The van der Waals surface area contributed by atoms with Gasteiger partial charge in [-0.3, -0.25) is 14.4 Å². The van der Waals surface area contributed by atoms with E-state index in [0.29, 0.717) is 23.8 Å². The number of carbonyl (C=O) groups is 3. The molecule has 5 rings (SSSR count). The Bertz CT molecular complexity index is 1190. The van der Waals surface area contributed by atoms with Crippen molar-refractivity contribution in [3.8, 4) is 0 Å². The van der Waals surface area contributed by atoms with Crippen molar-refractivity contribution in [2.75, 3.05) is 6.61 Å². The lowest BCUT2D eigenvalue weighted by Gasteiger charge is -2.72. The molecule has 41 heavy (non-hydrogen) atoms. The number of esters is 2. The second-order valence-corrected chi connectivity index (χ2v) is 15.8. The van der Waals surface area contributed by atoms with Gasteiger partial charge in [-0.25, -0.2) is 0 Å². The molecule has 4 fully saturated rings. The van der Waals surface area contributed by atoms with E-state index in [1.54, 1.807) is 13.8 Å². The number of rotatable bonds is 4. The molecule has 0 amide bonds. The lowest BCUT2D eigenvalue weighted by molar-refractivity contribution is -0.233. The topological polar surface area (TPSA) is 69.7 Å². The summed E-state index contributed by atoms with van der Waals surface area (Å²) in [4.78, 5) is 37.5. The van der Waals surface area contributed by atoms with Crippen LogP contribution in [0, 0.1) is 50.7 Å². The highest BCUT2D eigenvalue weighted by molar-refractivity contribution is 6.01. The summed E-state index contributed by atoms with van der Waals surface area (Å²) in [5.74, 6) is -5.24. The molecule has 0 aromatic rings. The number of halogens is 2. The highest BCUT2D eigenvalue weighted by Crippen LogP contribution is 2.77. The lowest BCUT2D eigenvalue weighted by Crippen LogP contribution is -2.66. The van der Waals surface area contributed by atoms with Gasteiger partial charge in [-0.05, 0) is 96.9 Å². The predicted molar refractivity (Wildman–Crippen MR) is 152 cm³/mol. The molecule has 0 saturated heterocycles. The van der Waals surface area contributed by atoms with E-state index in [9.17, 15) is 14.4 Å². The van der Waals surface area contributed by atoms with Gasteiger partial charge < -0.3 is 9.47 Å². The Morgan fingerprint density at radius 2 is 1.51 bits per heavy atom. The van der Waals surface area contributed by atoms with Crippen LogP contribution < -0.4 is 0 Å². The average Bonchev–Trinajstić information content (AvgIpc) is 3.03. The Balaban J connectivity index is 1.59. The van der Waals surface area contributed by atoms with E-state index in [-0.39, 0.29) is 58.3 Å². The molecule has 0 aromatic carbocycles. The summed E-state index contributed by atoms with van der Waals surface area (Å²) >= 11 is 0. The molecule has 7 heteroatoms. The van der Waals surface area contributed by atoms with Gasteiger partial charge >= 0.3 is 17.9 Å². The van der Waals surface area contributed by atoms with Crippen molar-refractivity contribution in [3.63, 3.8) is 0 Å². The van der Waals surface area contributed by atoms with Crippen LogP contribution in [-0.2, 0) is 23.9 Å². The monoisotopic (exact) mass is 576 g/mol. The predicted octanol–water partition coefficient (Wildman–Crippen LogP) is 7.71. The largest absolute Gasteiger partial charge is 0.464 e. The Hall–Kier alpha value is -1.79. The van der Waals surface area contributed by atoms with Crippen LogP contribution in [0.15, 0.2) is 11.1 Å². The molecular formula is C34H50F2O5. The van der Waals surface area contributed by atoms with Gasteiger partial charge in [0.15, 0.2) is 0 Å². The van der Waals surface area contributed by atoms with E-state index in [0.717, 1.165) is 38.5 Å². The highest BCUT2D eigenvalue weighted by atomic mass is 19.3. The summed E-state index contributed by atoms with van der Waals surface area (Å²) in [5, 5.41) is 0. The van der Waals surface area contributed by atoms with E-state index in [4.69, 9.17) is 9.47 Å². The molecule has 0 N–H and O–H groups in total. The Kier molecular flexibility index (Phi) is 6.99. The molecule has 0 spiro atoms. The van der Waals surface area contributed by atoms with Gasteiger partial charge in [0.05, 0.1) is 5.41 Å².